The highest BCUT2D eigenvalue weighted by atomic mass is 16.5. The number of rotatable bonds is 4. The van der Waals surface area contributed by atoms with Crippen LogP contribution in [0.1, 0.15) is 48.0 Å². The number of pyridine rings is 1. The van der Waals surface area contributed by atoms with Gasteiger partial charge >= 0.3 is 0 Å². The van der Waals surface area contributed by atoms with E-state index in [1.807, 2.05) is 43.7 Å². The molecule has 0 spiro atoms. The summed E-state index contributed by atoms with van der Waals surface area (Å²) in [7, 11) is 3.43. The molecule has 0 fully saturated rings. The molecular formula is C30H33N5O3. The zero-order valence-corrected chi connectivity index (χ0v) is 22.9. The third kappa shape index (κ3) is 4.36. The number of carbonyl (C=O) groups excluding carboxylic acids is 1. The van der Waals surface area contributed by atoms with Gasteiger partial charge in [-0.1, -0.05) is 6.07 Å². The number of hydrogen-bond acceptors (Lipinski definition) is 6. The fraction of sp³-hybridized carbons (Fsp3) is 0.300. The van der Waals surface area contributed by atoms with E-state index in [1.54, 1.807) is 31.5 Å². The number of aryl methyl sites for hydroxylation is 2. The summed E-state index contributed by atoms with van der Waals surface area (Å²) in [6, 6.07) is 12.0. The van der Waals surface area contributed by atoms with Crippen LogP contribution in [-0.4, -0.2) is 45.3 Å². The second kappa shape index (κ2) is 9.20. The first-order valence-corrected chi connectivity index (χ1v) is 12.5. The molecule has 5 rings (SSSR count). The third-order valence-corrected chi connectivity index (χ3v) is 6.95. The van der Waals surface area contributed by atoms with Crippen molar-refractivity contribution in [1.29, 1.82) is 0 Å². The number of methoxy groups -OCH3 is 1. The molecule has 0 radical (unpaired) electrons. The summed E-state index contributed by atoms with van der Waals surface area (Å²) in [5.41, 5.74) is 13.7. The van der Waals surface area contributed by atoms with Crippen LogP contribution in [0, 0.1) is 13.8 Å². The quantitative estimate of drug-likeness (QED) is 0.385. The molecule has 3 heterocycles. The van der Waals surface area contributed by atoms with Crippen LogP contribution in [0.5, 0.6) is 11.5 Å². The minimum absolute atomic E-state index is 0.155. The fourth-order valence-electron chi connectivity index (χ4n) is 4.77. The number of aromatic nitrogens is 3. The van der Waals surface area contributed by atoms with E-state index in [-0.39, 0.29) is 18.1 Å². The Morgan fingerprint density at radius 1 is 1.05 bits per heavy atom. The number of benzene rings is 2. The van der Waals surface area contributed by atoms with Crippen LogP contribution < -0.4 is 15.2 Å². The standard InChI is InChI=1S/C30H33N5O3/c1-17-8-18(2)10-21(9-17)35-28-23-12-22(19-11-20(31)15-32-14-19)25(37-7)13-26(23)38-16-24(28)27(33-35)29(36)34(6)30(3,4)5/h8-15H,16,31H2,1-7H3. The van der Waals surface area contributed by atoms with Crippen molar-refractivity contribution in [2.24, 2.45) is 0 Å². The number of anilines is 1. The highest BCUT2D eigenvalue weighted by Gasteiger charge is 2.34. The van der Waals surface area contributed by atoms with Gasteiger partial charge in [0.25, 0.3) is 5.91 Å². The maximum absolute atomic E-state index is 13.7. The lowest BCUT2D eigenvalue weighted by molar-refractivity contribution is 0.0646. The van der Waals surface area contributed by atoms with Crippen molar-refractivity contribution in [3.63, 3.8) is 0 Å². The Labute approximate surface area is 223 Å². The Morgan fingerprint density at radius 3 is 2.39 bits per heavy atom. The SMILES string of the molecule is COc1cc2c(cc1-c1cncc(N)c1)-c1c(c(C(=O)N(C)C(C)(C)C)nn1-c1cc(C)cc(C)c1)CO2. The molecule has 2 aromatic heterocycles. The topological polar surface area (TPSA) is 95.5 Å². The minimum atomic E-state index is -0.373. The summed E-state index contributed by atoms with van der Waals surface area (Å²) in [6.45, 7) is 10.3. The van der Waals surface area contributed by atoms with Gasteiger partial charge in [0.2, 0.25) is 0 Å². The number of nitrogen functional groups attached to an aromatic ring is 1. The van der Waals surface area contributed by atoms with Crippen LogP contribution >= 0.6 is 0 Å². The van der Waals surface area contributed by atoms with Crippen molar-refractivity contribution >= 4 is 11.6 Å². The van der Waals surface area contributed by atoms with E-state index in [2.05, 4.69) is 37.0 Å². The van der Waals surface area contributed by atoms with Crippen LogP contribution in [-0.2, 0) is 6.61 Å². The van der Waals surface area contributed by atoms with Crippen LogP contribution in [0.25, 0.3) is 28.1 Å². The Kier molecular flexibility index (Phi) is 6.13. The summed E-state index contributed by atoms with van der Waals surface area (Å²) in [4.78, 5) is 19.7. The molecule has 1 amide bonds. The van der Waals surface area contributed by atoms with Crippen molar-refractivity contribution in [3.05, 3.63) is 71.2 Å². The smallest absolute Gasteiger partial charge is 0.274 e. The first kappa shape index (κ1) is 25.3. The van der Waals surface area contributed by atoms with Gasteiger partial charge < -0.3 is 20.1 Å². The van der Waals surface area contributed by atoms with E-state index in [4.69, 9.17) is 20.3 Å². The summed E-state index contributed by atoms with van der Waals surface area (Å²) in [6.07, 6.45) is 3.36. The van der Waals surface area contributed by atoms with Gasteiger partial charge in [-0.15, -0.1) is 0 Å². The lowest BCUT2D eigenvalue weighted by atomic mass is 9.96. The number of nitrogens with two attached hydrogens (primary N) is 1. The molecule has 0 saturated carbocycles. The third-order valence-electron chi connectivity index (χ3n) is 6.95. The van der Waals surface area contributed by atoms with Gasteiger partial charge in [0.1, 0.15) is 18.1 Å². The molecule has 0 saturated heterocycles. The lowest BCUT2D eigenvalue weighted by Gasteiger charge is -2.31. The van der Waals surface area contributed by atoms with Gasteiger partial charge in [-0.25, -0.2) is 4.68 Å². The average molecular weight is 512 g/mol. The molecule has 196 valence electrons. The minimum Gasteiger partial charge on any atom is -0.496 e. The second-order valence-electron chi connectivity index (χ2n) is 10.8. The highest BCUT2D eigenvalue weighted by Crippen LogP contribution is 2.46. The van der Waals surface area contributed by atoms with E-state index in [1.165, 1.54) is 0 Å². The molecule has 2 N–H and O–H groups in total. The summed E-state index contributed by atoms with van der Waals surface area (Å²) >= 11 is 0. The molecule has 0 aliphatic carbocycles. The van der Waals surface area contributed by atoms with Crippen molar-refractivity contribution in [3.8, 4) is 39.6 Å². The van der Waals surface area contributed by atoms with Gasteiger partial charge in [-0.2, -0.15) is 5.10 Å². The molecule has 1 aliphatic rings. The summed E-state index contributed by atoms with van der Waals surface area (Å²) in [5, 5.41) is 4.92. The Balaban J connectivity index is 1.80. The molecule has 1 aliphatic heterocycles. The maximum atomic E-state index is 13.7. The fourth-order valence-corrected chi connectivity index (χ4v) is 4.77. The van der Waals surface area contributed by atoms with Crippen molar-refractivity contribution < 1.29 is 14.3 Å². The van der Waals surface area contributed by atoms with Gasteiger partial charge in [0.15, 0.2) is 5.69 Å². The molecular weight excluding hydrogens is 478 g/mol. The van der Waals surface area contributed by atoms with E-state index >= 15 is 0 Å². The lowest BCUT2D eigenvalue weighted by Crippen LogP contribution is -2.43. The van der Waals surface area contributed by atoms with Gasteiger partial charge in [-0.05, 0) is 70.0 Å². The molecule has 38 heavy (non-hydrogen) atoms. The number of nitrogens with zero attached hydrogens (tertiary/aromatic N) is 4. The normalized spacial score (nSPS) is 12.4. The molecule has 0 atom stereocenters. The average Bonchev–Trinajstić information content (AvgIpc) is 3.26. The molecule has 8 nitrogen and oxygen atoms in total. The highest BCUT2D eigenvalue weighted by molar-refractivity contribution is 5.97. The van der Waals surface area contributed by atoms with Crippen LogP contribution in [0.3, 0.4) is 0 Å². The first-order chi connectivity index (χ1) is 18.0. The van der Waals surface area contributed by atoms with Crippen molar-refractivity contribution in [2.75, 3.05) is 19.9 Å². The molecule has 4 aromatic rings. The molecule has 2 aromatic carbocycles. The van der Waals surface area contributed by atoms with Gasteiger partial charge in [0.05, 0.1) is 24.2 Å². The van der Waals surface area contributed by atoms with Crippen molar-refractivity contribution in [2.45, 2.75) is 46.8 Å². The Hall–Kier alpha value is -4.33. The number of amides is 1. The van der Waals surface area contributed by atoms with Crippen molar-refractivity contribution in [1.82, 2.24) is 19.7 Å². The molecule has 0 unspecified atom stereocenters. The van der Waals surface area contributed by atoms with E-state index < -0.39 is 0 Å². The number of hydrogen-bond donors (Lipinski definition) is 1. The summed E-state index contributed by atoms with van der Waals surface area (Å²) in [5.74, 6) is 1.14. The predicted molar refractivity (Wildman–Crippen MR) is 149 cm³/mol. The van der Waals surface area contributed by atoms with Crippen LogP contribution in [0.15, 0.2) is 48.8 Å². The zero-order valence-electron chi connectivity index (χ0n) is 22.9. The Bertz CT molecular complexity index is 1540. The second-order valence-corrected chi connectivity index (χ2v) is 10.8. The summed E-state index contributed by atoms with van der Waals surface area (Å²) < 4.78 is 13.8. The molecule has 0 bridgehead atoms. The predicted octanol–water partition coefficient (Wildman–Crippen LogP) is 5.57. The van der Waals surface area contributed by atoms with Gasteiger partial charge in [0, 0.05) is 53.3 Å². The molecule has 8 heteroatoms. The Morgan fingerprint density at radius 2 is 1.76 bits per heavy atom. The van der Waals surface area contributed by atoms with E-state index in [9.17, 15) is 4.79 Å². The first-order valence-electron chi connectivity index (χ1n) is 12.5. The van der Waals surface area contributed by atoms with Crippen LogP contribution in [0.2, 0.25) is 0 Å². The van der Waals surface area contributed by atoms with E-state index in [0.717, 1.165) is 44.8 Å². The van der Waals surface area contributed by atoms with E-state index in [0.29, 0.717) is 22.9 Å². The monoisotopic (exact) mass is 511 g/mol. The largest absolute Gasteiger partial charge is 0.496 e. The zero-order chi connectivity index (χ0) is 27.4. The number of ether oxygens (including phenoxy) is 2. The van der Waals surface area contributed by atoms with Crippen LogP contribution in [0.4, 0.5) is 5.69 Å². The maximum Gasteiger partial charge on any atom is 0.274 e. The number of fused-ring (bicyclic) bond motifs is 3. The van der Waals surface area contributed by atoms with Gasteiger partial charge in [-0.3, -0.25) is 9.78 Å². The number of carbonyl (C=O) groups is 1.